The number of fused-ring (bicyclic) bond motifs is 1. The molecular formula is C14H20N2S. The molecular weight excluding hydrogens is 228 g/mol. The number of thioether (sulfide) groups is 1. The zero-order valence-corrected chi connectivity index (χ0v) is 10.9. The number of nitrogens with two attached hydrogens (primary N) is 1. The predicted octanol–water partition coefficient (Wildman–Crippen LogP) is 2.48. The van der Waals surface area contributed by atoms with Gasteiger partial charge in [-0.2, -0.15) is 0 Å². The van der Waals surface area contributed by atoms with E-state index >= 15 is 0 Å². The Bertz CT molecular complexity index is 401. The number of rotatable bonds is 4. The van der Waals surface area contributed by atoms with Gasteiger partial charge in [0, 0.05) is 23.5 Å². The quantitative estimate of drug-likeness (QED) is 0.859. The van der Waals surface area contributed by atoms with E-state index in [1.54, 1.807) is 0 Å². The summed E-state index contributed by atoms with van der Waals surface area (Å²) in [6.07, 6.45) is 5.18. The first-order valence-electron chi connectivity index (χ1n) is 6.57. The Hall–Kier alpha value is -0.510. The summed E-state index contributed by atoms with van der Waals surface area (Å²) in [6, 6.07) is 7.67. The van der Waals surface area contributed by atoms with Crippen molar-refractivity contribution in [1.29, 1.82) is 0 Å². The molecule has 3 heteroatoms. The molecule has 1 aromatic carbocycles. The minimum absolute atomic E-state index is 0.146. The molecule has 0 radical (unpaired) electrons. The summed E-state index contributed by atoms with van der Waals surface area (Å²) in [4.78, 5) is 1.46. The van der Waals surface area contributed by atoms with Gasteiger partial charge >= 0.3 is 0 Å². The van der Waals surface area contributed by atoms with Gasteiger partial charge in [0.15, 0.2) is 0 Å². The lowest BCUT2D eigenvalue weighted by atomic mass is 10.0. The Labute approximate surface area is 107 Å². The van der Waals surface area contributed by atoms with Crippen molar-refractivity contribution < 1.29 is 0 Å². The summed E-state index contributed by atoms with van der Waals surface area (Å²) in [5.41, 5.74) is 9.03. The number of hydrogen-bond acceptors (Lipinski definition) is 3. The molecule has 1 unspecified atom stereocenters. The summed E-state index contributed by atoms with van der Waals surface area (Å²) < 4.78 is 0. The molecule has 1 aliphatic heterocycles. The van der Waals surface area contributed by atoms with Crippen LogP contribution < -0.4 is 11.1 Å². The van der Waals surface area contributed by atoms with Crippen LogP contribution in [-0.4, -0.2) is 18.3 Å². The van der Waals surface area contributed by atoms with Crippen molar-refractivity contribution in [3.05, 3.63) is 29.3 Å². The first-order valence-corrected chi connectivity index (χ1v) is 7.56. The van der Waals surface area contributed by atoms with Crippen molar-refractivity contribution in [3.8, 4) is 0 Å². The highest BCUT2D eigenvalue weighted by molar-refractivity contribution is 7.99. The van der Waals surface area contributed by atoms with Gasteiger partial charge in [-0.15, -0.1) is 11.8 Å². The summed E-state index contributed by atoms with van der Waals surface area (Å²) >= 11 is 1.98. The van der Waals surface area contributed by atoms with E-state index < -0.39 is 0 Å². The smallest absolute Gasteiger partial charge is 0.0421 e. The monoisotopic (exact) mass is 248 g/mol. The fourth-order valence-corrected chi connectivity index (χ4v) is 3.33. The Balaban J connectivity index is 1.68. The Morgan fingerprint density at radius 3 is 3.12 bits per heavy atom. The average molecular weight is 248 g/mol. The lowest BCUT2D eigenvalue weighted by Gasteiger charge is -2.19. The summed E-state index contributed by atoms with van der Waals surface area (Å²) in [5, 5.41) is 3.50. The fraction of sp³-hybridized carbons (Fsp3) is 0.571. The maximum absolute atomic E-state index is 6.23. The first-order chi connectivity index (χ1) is 8.33. The molecule has 1 saturated carbocycles. The highest BCUT2D eigenvalue weighted by Gasteiger charge is 2.21. The molecule has 3 rings (SSSR count). The molecule has 1 fully saturated rings. The van der Waals surface area contributed by atoms with E-state index in [0.717, 1.165) is 12.6 Å². The maximum Gasteiger partial charge on any atom is 0.0421 e. The molecule has 0 aromatic heterocycles. The van der Waals surface area contributed by atoms with Crippen LogP contribution in [0.4, 0.5) is 0 Å². The van der Waals surface area contributed by atoms with Crippen LogP contribution in [0.3, 0.4) is 0 Å². The van der Waals surface area contributed by atoms with Crippen LogP contribution >= 0.6 is 11.8 Å². The van der Waals surface area contributed by atoms with Gasteiger partial charge in [-0.05, 0) is 48.6 Å². The topological polar surface area (TPSA) is 38.0 Å². The highest BCUT2D eigenvalue weighted by Crippen LogP contribution is 2.31. The van der Waals surface area contributed by atoms with Gasteiger partial charge in [-0.3, -0.25) is 0 Å². The first kappa shape index (κ1) is 11.6. The average Bonchev–Trinajstić information content (AvgIpc) is 3.19. The molecule has 0 spiro atoms. The van der Waals surface area contributed by atoms with E-state index in [9.17, 15) is 0 Å². The van der Waals surface area contributed by atoms with E-state index in [-0.39, 0.29) is 6.04 Å². The van der Waals surface area contributed by atoms with Crippen molar-refractivity contribution >= 4 is 11.8 Å². The number of benzene rings is 1. The molecule has 1 aliphatic carbocycles. The van der Waals surface area contributed by atoms with E-state index in [0.29, 0.717) is 0 Å². The minimum atomic E-state index is 0.146. The van der Waals surface area contributed by atoms with Crippen LogP contribution in [0.5, 0.6) is 0 Å². The molecule has 2 aliphatic rings. The van der Waals surface area contributed by atoms with Crippen LogP contribution in [0.2, 0.25) is 0 Å². The van der Waals surface area contributed by atoms with E-state index in [1.165, 1.54) is 47.5 Å². The Kier molecular flexibility index (Phi) is 3.41. The third-order valence-electron chi connectivity index (χ3n) is 3.56. The van der Waals surface area contributed by atoms with Crippen molar-refractivity contribution in [2.45, 2.75) is 42.7 Å². The number of aryl methyl sites for hydroxylation is 1. The largest absolute Gasteiger partial charge is 0.323 e. The third kappa shape index (κ3) is 2.84. The van der Waals surface area contributed by atoms with Crippen molar-refractivity contribution in [2.75, 3.05) is 12.3 Å². The van der Waals surface area contributed by atoms with Gasteiger partial charge in [0.1, 0.15) is 0 Å². The molecule has 0 amide bonds. The molecule has 92 valence electrons. The SMILES string of the molecule is NC(CNC1CC1)c1ccc2c(c1)CCCS2. The number of nitrogens with one attached hydrogen (secondary N) is 1. The van der Waals surface area contributed by atoms with Gasteiger partial charge in [0.2, 0.25) is 0 Å². The molecule has 0 saturated heterocycles. The molecule has 1 atom stereocenters. The second-order valence-corrected chi connectivity index (χ2v) is 6.24. The summed E-state index contributed by atoms with van der Waals surface area (Å²) in [7, 11) is 0. The highest BCUT2D eigenvalue weighted by atomic mass is 32.2. The molecule has 17 heavy (non-hydrogen) atoms. The van der Waals surface area contributed by atoms with Crippen molar-refractivity contribution in [1.82, 2.24) is 5.32 Å². The maximum atomic E-state index is 6.23. The van der Waals surface area contributed by atoms with Crippen LogP contribution in [0, 0.1) is 0 Å². The molecule has 0 bridgehead atoms. The Morgan fingerprint density at radius 2 is 2.29 bits per heavy atom. The zero-order chi connectivity index (χ0) is 11.7. The van der Waals surface area contributed by atoms with Crippen LogP contribution in [0.25, 0.3) is 0 Å². The second kappa shape index (κ2) is 5.01. The van der Waals surface area contributed by atoms with Gasteiger partial charge in [-0.25, -0.2) is 0 Å². The normalized spacial score (nSPS) is 21.0. The lowest BCUT2D eigenvalue weighted by Crippen LogP contribution is -2.28. The molecule has 3 N–H and O–H groups in total. The van der Waals surface area contributed by atoms with Crippen molar-refractivity contribution in [3.63, 3.8) is 0 Å². The predicted molar refractivity (Wildman–Crippen MR) is 73.4 cm³/mol. The second-order valence-electron chi connectivity index (χ2n) is 5.11. The van der Waals surface area contributed by atoms with E-state index in [1.807, 2.05) is 11.8 Å². The molecule has 1 heterocycles. The minimum Gasteiger partial charge on any atom is -0.323 e. The fourth-order valence-electron chi connectivity index (χ4n) is 2.31. The summed E-state index contributed by atoms with van der Waals surface area (Å²) in [6.45, 7) is 0.913. The van der Waals surface area contributed by atoms with E-state index in [4.69, 9.17) is 5.73 Å². The van der Waals surface area contributed by atoms with Crippen LogP contribution in [0.1, 0.15) is 36.4 Å². The summed E-state index contributed by atoms with van der Waals surface area (Å²) in [5.74, 6) is 1.27. The van der Waals surface area contributed by atoms with Crippen molar-refractivity contribution in [2.24, 2.45) is 5.73 Å². The van der Waals surface area contributed by atoms with Gasteiger partial charge in [0.05, 0.1) is 0 Å². The zero-order valence-electron chi connectivity index (χ0n) is 10.1. The standard InChI is InChI=1S/C14H20N2S/c15-13(9-16-12-4-5-12)10-3-6-14-11(8-10)2-1-7-17-14/h3,6,8,12-13,16H,1-2,4-5,7,9,15H2. The van der Waals surface area contributed by atoms with Gasteiger partial charge in [-0.1, -0.05) is 12.1 Å². The molecule has 2 nitrogen and oxygen atoms in total. The van der Waals surface area contributed by atoms with Gasteiger partial charge < -0.3 is 11.1 Å². The third-order valence-corrected chi connectivity index (χ3v) is 4.77. The van der Waals surface area contributed by atoms with Crippen LogP contribution in [0.15, 0.2) is 23.1 Å². The van der Waals surface area contributed by atoms with E-state index in [2.05, 4.69) is 23.5 Å². The van der Waals surface area contributed by atoms with Gasteiger partial charge in [0.25, 0.3) is 0 Å². The Morgan fingerprint density at radius 1 is 1.41 bits per heavy atom. The number of hydrogen-bond donors (Lipinski definition) is 2. The lowest BCUT2D eigenvalue weighted by molar-refractivity contribution is 0.594. The molecule has 1 aromatic rings. The van der Waals surface area contributed by atoms with Crippen LogP contribution in [-0.2, 0) is 6.42 Å².